The minimum atomic E-state index is -4.64. The first-order chi connectivity index (χ1) is 4.00. The van der Waals surface area contributed by atoms with E-state index in [9.17, 15) is 0 Å². The quantitative estimate of drug-likeness (QED) is 0.170. The summed E-state index contributed by atoms with van der Waals surface area (Å²) in [4.78, 5) is 50.9. The molecule has 0 aliphatic heterocycles. The smallest absolute Gasteiger partial charge is 0 e. The minimum Gasteiger partial charge on any atom is 0 e. The molecular weight excluding hydrogens is 340 g/mol. The zero-order valence-electron chi connectivity index (χ0n) is 5.19. The van der Waals surface area contributed by atoms with E-state index in [1.54, 1.807) is 0 Å². The van der Waals surface area contributed by atoms with Crippen LogP contribution >= 0.6 is 7.82 Å². The maximum atomic E-state index is 8.88. The molecule has 0 aliphatic rings. The first-order valence-electron chi connectivity index (χ1n) is 1.68. The van der Waals surface area contributed by atoms with Crippen molar-refractivity contribution in [1.29, 1.82) is 0 Å². The maximum Gasteiger partial charge on any atom is 0 e. The van der Waals surface area contributed by atoms with Crippen molar-refractivity contribution >= 4 is 62.4 Å². The molecule has 0 saturated heterocycles. The van der Waals surface area contributed by atoms with Crippen molar-refractivity contribution in [1.82, 2.24) is 0 Å². The van der Waals surface area contributed by atoms with Crippen molar-refractivity contribution in [3.8, 4) is 0 Å². The van der Waals surface area contributed by atoms with Crippen LogP contribution in [0.5, 0.6) is 0 Å². The van der Waals surface area contributed by atoms with Crippen LogP contribution < -0.4 is 0 Å². The average molecular weight is 349 g/mol. The predicted molar refractivity (Wildman–Crippen MR) is 37.4 cm³/mol. The van der Waals surface area contributed by atoms with Gasteiger partial charge in [0.25, 0.3) is 0 Å². The maximum absolute atomic E-state index is 8.88. The monoisotopic (exact) mass is 348 g/mol. The molecule has 0 aromatic rings. The fourth-order valence-electron chi connectivity index (χ4n) is 0. The molecule has 12 heteroatoms. The zero-order valence-corrected chi connectivity index (χ0v) is 10.1. The van der Waals surface area contributed by atoms with Gasteiger partial charge in [-0.25, -0.2) is 4.57 Å². The van der Waals surface area contributed by atoms with Gasteiger partial charge in [0, 0.05) is 19.5 Å². The first kappa shape index (κ1) is 23.8. The van der Waals surface area contributed by atoms with Crippen LogP contribution in [-0.2, 0) is 24.0 Å². The largest absolute Gasteiger partial charge is 0 e. The Morgan fingerprint density at radius 3 is 0.917 bits per heavy atom. The molecule has 0 aliphatic carbocycles. The average Bonchev–Trinajstić information content (AvgIpc) is 1.12. The van der Waals surface area contributed by atoms with E-state index in [0.29, 0.717) is 0 Å². The fraction of sp³-hybridized carbons (Fsp3) is 0. The van der Waals surface area contributed by atoms with Crippen LogP contribution in [0, 0.1) is 0 Å². The molecule has 0 fully saturated rings. The predicted octanol–water partition coefficient (Wildman–Crippen LogP) is -4.46. The summed E-state index contributed by atoms with van der Waals surface area (Å²) in [5, 5.41) is 0. The molecule has 0 atom stereocenters. The van der Waals surface area contributed by atoms with Gasteiger partial charge in [-0.3, -0.25) is 0 Å². The Morgan fingerprint density at radius 1 is 0.917 bits per heavy atom. The van der Waals surface area contributed by atoms with Gasteiger partial charge in [0.1, 0.15) is 0 Å². The molecule has 0 heterocycles. The summed E-state index contributed by atoms with van der Waals surface area (Å²) in [6, 6.07) is 0. The molecule has 12 heavy (non-hydrogen) atoms. The van der Waals surface area contributed by atoms with Crippen LogP contribution in [0.2, 0.25) is 0 Å². The van der Waals surface area contributed by atoms with Gasteiger partial charge in [0.2, 0.25) is 0 Å². The number of phosphoric acid groups is 1. The van der Waals surface area contributed by atoms with E-state index >= 15 is 0 Å². The molecule has 0 aromatic heterocycles. The van der Waals surface area contributed by atoms with Gasteiger partial charge in [0.15, 0.2) is 0 Å². The van der Waals surface area contributed by atoms with Crippen LogP contribution in [0.15, 0.2) is 0 Å². The van der Waals surface area contributed by atoms with Gasteiger partial charge < -0.3 is 33.9 Å². The molecular formula is H9O8PSiSrZn. The van der Waals surface area contributed by atoms with E-state index in [-0.39, 0.29) is 65.0 Å². The second-order valence-corrected chi connectivity index (χ2v) is 3.34. The van der Waals surface area contributed by atoms with E-state index < -0.39 is 16.9 Å². The molecule has 0 amide bonds. The van der Waals surface area contributed by atoms with Crippen molar-refractivity contribution < 1.29 is 57.9 Å². The number of hydrogen-bond donors (Lipinski definition) is 7. The van der Waals surface area contributed by atoms with Gasteiger partial charge >= 0.3 is 62.4 Å². The second kappa shape index (κ2) is 9.81. The van der Waals surface area contributed by atoms with E-state index in [2.05, 4.69) is 0 Å². The summed E-state index contributed by atoms with van der Waals surface area (Å²) in [5.74, 6) is 0. The minimum absolute atomic E-state index is 0. The molecule has 0 radical (unpaired) electrons. The Balaban J connectivity index is -0.0000000457. The summed E-state index contributed by atoms with van der Waals surface area (Å²) in [6.45, 7) is 0. The van der Waals surface area contributed by atoms with Crippen molar-refractivity contribution in [3.05, 3.63) is 0 Å². The number of hydrogen-bond acceptors (Lipinski definition) is 5. The van der Waals surface area contributed by atoms with Gasteiger partial charge in [0.05, 0.1) is 0 Å². The third kappa shape index (κ3) is 302. The SMILES string of the molecule is O=P(O)(O)O.O[Si](O)(O)O.[SrH2].[Zn]. The van der Waals surface area contributed by atoms with E-state index in [1.807, 2.05) is 0 Å². The van der Waals surface area contributed by atoms with E-state index in [0.717, 1.165) is 0 Å². The number of rotatable bonds is 0. The Morgan fingerprint density at radius 2 is 0.917 bits per heavy atom. The summed E-state index contributed by atoms with van der Waals surface area (Å²) in [6.07, 6.45) is 0. The molecule has 0 bridgehead atoms. The van der Waals surface area contributed by atoms with E-state index in [1.165, 1.54) is 0 Å². The van der Waals surface area contributed by atoms with Crippen LogP contribution in [-0.4, -0.2) is 88.4 Å². The van der Waals surface area contributed by atoms with Crippen molar-refractivity contribution in [3.63, 3.8) is 0 Å². The Hall–Kier alpha value is 2.27. The normalized spacial score (nSPS) is 9.92. The van der Waals surface area contributed by atoms with Crippen molar-refractivity contribution in [2.75, 3.05) is 0 Å². The molecule has 0 aromatic carbocycles. The van der Waals surface area contributed by atoms with Crippen molar-refractivity contribution in [2.45, 2.75) is 0 Å². The summed E-state index contributed by atoms with van der Waals surface area (Å²) in [7, 11) is -9.25. The topological polar surface area (TPSA) is 159 Å². The van der Waals surface area contributed by atoms with Crippen LogP contribution in [0.4, 0.5) is 0 Å². The van der Waals surface area contributed by atoms with Crippen molar-refractivity contribution in [2.24, 2.45) is 0 Å². The Bertz CT molecular complexity index is 111. The standard InChI is InChI=1S/H3O4P.H4O4Si.Sr.Zn.2H/c2*1-5(2,3)4;;;;/h(H3,1,2,3,4);1-4H;;;;. The van der Waals surface area contributed by atoms with Crippen LogP contribution in [0.25, 0.3) is 0 Å². The Kier molecular flexibility index (Phi) is 19.5. The van der Waals surface area contributed by atoms with Gasteiger partial charge in [-0.05, 0) is 0 Å². The molecule has 70 valence electrons. The van der Waals surface area contributed by atoms with Crippen LogP contribution in [0.3, 0.4) is 0 Å². The molecule has 0 spiro atoms. The second-order valence-electron chi connectivity index (χ2n) is 1.11. The molecule has 0 unspecified atom stereocenters. The summed E-state index contributed by atoms with van der Waals surface area (Å²) < 4.78 is 8.88. The molecule has 8 nitrogen and oxygen atoms in total. The molecule has 7 N–H and O–H groups in total. The van der Waals surface area contributed by atoms with E-state index in [4.69, 9.17) is 38.4 Å². The van der Waals surface area contributed by atoms with Crippen LogP contribution in [0.1, 0.15) is 0 Å². The molecule has 0 rings (SSSR count). The molecule has 0 saturated carbocycles. The van der Waals surface area contributed by atoms with Gasteiger partial charge in [-0.1, -0.05) is 0 Å². The van der Waals surface area contributed by atoms with Gasteiger partial charge in [-0.2, -0.15) is 0 Å². The third-order valence-electron chi connectivity index (χ3n) is 0. The fourth-order valence-corrected chi connectivity index (χ4v) is 0. The summed E-state index contributed by atoms with van der Waals surface area (Å²) >= 11 is 0. The summed E-state index contributed by atoms with van der Waals surface area (Å²) in [5.41, 5.74) is 0. The van der Waals surface area contributed by atoms with Gasteiger partial charge in [-0.15, -0.1) is 0 Å². The third-order valence-corrected chi connectivity index (χ3v) is 0. The zero-order chi connectivity index (χ0) is 9.00. The Labute approximate surface area is 119 Å². The first-order valence-corrected chi connectivity index (χ1v) is 5.03.